The molecule has 3 aliphatic rings. The Hall–Kier alpha value is -5.57. The minimum atomic E-state index is -1.47. The van der Waals surface area contributed by atoms with Crippen molar-refractivity contribution in [3.63, 3.8) is 0 Å². The van der Waals surface area contributed by atoms with E-state index < -0.39 is 28.8 Å². The van der Waals surface area contributed by atoms with Gasteiger partial charge in [-0.25, -0.2) is 4.79 Å². The lowest BCUT2D eigenvalue weighted by atomic mass is 9.55. The molecule has 0 saturated heterocycles. The van der Waals surface area contributed by atoms with Gasteiger partial charge in [-0.1, -0.05) is 114 Å². The summed E-state index contributed by atoms with van der Waals surface area (Å²) < 4.78 is 27.1. The number of aliphatic hydroxyl groups is 2. The summed E-state index contributed by atoms with van der Waals surface area (Å²) in [4.78, 5) is 45.4. The first-order valence-electron chi connectivity index (χ1n) is 26.3. The summed E-state index contributed by atoms with van der Waals surface area (Å²) in [5, 5.41) is 36.3. The summed E-state index contributed by atoms with van der Waals surface area (Å²) >= 11 is 0. The molecule has 0 spiro atoms. The van der Waals surface area contributed by atoms with Gasteiger partial charge >= 0.3 is 6.09 Å². The van der Waals surface area contributed by atoms with Gasteiger partial charge in [0.25, 0.3) is 5.69 Å². The van der Waals surface area contributed by atoms with E-state index in [4.69, 9.17) is 28.9 Å². The number of aliphatic hydroxyl groups excluding tert-OH is 2. The van der Waals surface area contributed by atoms with Gasteiger partial charge in [-0.2, -0.15) is 0 Å². The minimum Gasteiger partial charge on any atom is -0.459 e. The van der Waals surface area contributed by atoms with Crippen LogP contribution in [-0.2, 0) is 20.9 Å². The zero-order chi connectivity index (χ0) is 50.4. The predicted octanol–water partition coefficient (Wildman–Crippen LogP) is 12.8. The van der Waals surface area contributed by atoms with E-state index in [2.05, 4.69) is 19.6 Å². The molecular formula is C57H77N3O11. The van der Waals surface area contributed by atoms with E-state index in [0.717, 1.165) is 62.4 Å². The average Bonchev–Trinajstić information content (AvgIpc) is 3.38. The summed E-state index contributed by atoms with van der Waals surface area (Å²) in [6.45, 7) is 9.22. The van der Waals surface area contributed by atoms with Crippen LogP contribution in [0.2, 0.25) is 0 Å². The molecule has 14 nitrogen and oxygen atoms in total. The highest BCUT2D eigenvalue weighted by atomic mass is 16.7. The number of nitro benzene ring substituents is 1. The molecule has 2 aliphatic carbocycles. The quantitative estimate of drug-likeness (QED) is 0.0200. The van der Waals surface area contributed by atoms with Gasteiger partial charge in [-0.15, -0.1) is 6.58 Å². The van der Waals surface area contributed by atoms with Crippen molar-refractivity contribution in [3.05, 3.63) is 118 Å². The lowest BCUT2D eigenvalue weighted by Gasteiger charge is -2.59. The van der Waals surface area contributed by atoms with Crippen molar-refractivity contribution in [3.8, 4) is 17.2 Å². The third-order valence-corrected chi connectivity index (χ3v) is 14.2. The number of aldehydes is 1. The Bertz CT molecular complexity index is 2230. The molecule has 6 atom stereocenters. The SMILES string of the molecule is C=CCO[C@@]12Oc3ccc(Oc4cccc(C=O)c4)cc3[C@H]3[C@H](CCCCO)[C@@H](CCCCO)C=C(C(=NOCc4ccc([N+](=O)[O-])cc4)C[C@@H]1N(CCC)C(=O)OCCCCCCCCCCCC)[C@H]32. The number of nitro groups is 1. The number of rotatable bonds is 32. The Balaban J connectivity index is 1.44. The fourth-order valence-electron chi connectivity index (χ4n) is 10.8. The third kappa shape index (κ3) is 14.5. The molecular weight excluding hydrogens is 903 g/mol. The number of hydrogen-bond acceptors (Lipinski definition) is 12. The van der Waals surface area contributed by atoms with Gasteiger partial charge in [-0.05, 0) is 104 Å². The second-order valence-electron chi connectivity index (χ2n) is 19.3. The smallest absolute Gasteiger partial charge is 0.410 e. The molecule has 3 aromatic rings. The van der Waals surface area contributed by atoms with Crippen LogP contribution in [0.15, 0.2) is 96.2 Å². The molecule has 0 aromatic heterocycles. The molecule has 0 unspecified atom stereocenters. The standard InChI is InChI=1S/C57H77N3O11/c1-4-7-8-9-10-11-12-13-14-19-35-67-56(64)59(31-5-2)53-39-51(58-69-41-42-25-27-45(28-26-42)60(65)66)49-37-44(22-15-17-32-61)48(24-16-18-33-62)54-50-38-47(70-46-23-20-21-43(36-46)40-63)29-30-52(50)71-57(53,55(49)54)68-34-6-3/h6,20-21,23,25-30,36-38,40,44,48,53-55,61-62H,3-5,7-19,22,24,31-35,39,41H2,1-2H3/t44-,48+,53-,54+,55+,57+/m0/s1. The number of carbonyl (C=O) groups is 2. The monoisotopic (exact) mass is 980 g/mol. The largest absolute Gasteiger partial charge is 0.459 e. The van der Waals surface area contributed by atoms with Crippen LogP contribution in [-0.4, -0.2) is 82.9 Å². The molecule has 1 saturated carbocycles. The molecule has 0 bridgehead atoms. The minimum absolute atomic E-state index is 0.00239. The van der Waals surface area contributed by atoms with E-state index in [1.807, 2.05) is 25.1 Å². The number of carbonyl (C=O) groups excluding carboxylic acids is 2. The molecule has 1 heterocycles. The van der Waals surface area contributed by atoms with Crippen LogP contribution in [0.25, 0.3) is 0 Å². The number of oxime groups is 1. The molecule has 1 fully saturated rings. The molecule has 0 radical (unpaired) electrons. The first-order valence-corrected chi connectivity index (χ1v) is 26.3. The lowest BCUT2D eigenvalue weighted by Crippen LogP contribution is -2.70. The number of hydrogen-bond donors (Lipinski definition) is 2. The molecule has 14 heteroatoms. The number of allylic oxidation sites excluding steroid dienone is 1. The van der Waals surface area contributed by atoms with Crippen LogP contribution in [0.3, 0.4) is 0 Å². The summed E-state index contributed by atoms with van der Waals surface area (Å²) in [7, 11) is 0. The predicted molar refractivity (Wildman–Crippen MR) is 275 cm³/mol. The zero-order valence-electron chi connectivity index (χ0n) is 42.1. The maximum atomic E-state index is 14.7. The molecule has 1 amide bonds. The van der Waals surface area contributed by atoms with Crippen LogP contribution in [0.5, 0.6) is 17.2 Å². The topological polar surface area (TPSA) is 179 Å². The maximum absolute atomic E-state index is 14.7. The van der Waals surface area contributed by atoms with Crippen LogP contribution < -0.4 is 9.47 Å². The highest BCUT2D eigenvalue weighted by Crippen LogP contribution is 2.62. The maximum Gasteiger partial charge on any atom is 0.410 e. The second kappa shape index (κ2) is 28.5. The number of benzene rings is 3. The van der Waals surface area contributed by atoms with Gasteiger partial charge in [0, 0.05) is 55.4 Å². The van der Waals surface area contributed by atoms with E-state index in [0.29, 0.717) is 59.9 Å². The highest BCUT2D eigenvalue weighted by Gasteiger charge is 2.65. The zero-order valence-corrected chi connectivity index (χ0v) is 42.1. The van der Waals surface area contributed by atoms with Crippen molar-refractivity contribution in [2.75, 3.05) is 33.0 Å². The number of non-ortho nitro benzene ring substituents is 1. The van der Waals surface area contributed by atoms with Crippen LogP contribution in [0, 0.1) is 27.9 Å². The molecule has 386 valence electrons. The second-order valence-corrected chi connectivity index (χ2v) is 19.3. The molecule has 3 aromatic carbocycles. The van der Waals surface area contributed by atoms with Crippen molar-refractivity contribution >= 4 is 23.8 Å². The Labute approximate surface area is 420 Å². The summed E-state index contributed by atoms with van der Waals surface area (Å²) in [6, 6.07) is 18.1. The van der Waals surface area contributed by atoms with Crippen molar-refractivity contribution in [2.45, 2.75) is 154 Å². The van der Waals surface area contributed by atoms with Gasteiger partial charge in [0.2, 0.25) is 5.79 Å². The lowest BCUT2D eigenvalue weighted by molar-refractivity contribution is -0.384. The van der Waals surface area contributed by atoms with E-state index in [1.54, 1.807) is 47.4 Å². The van der Waals surface area contributed by atoms with Gasteiger partial charge in [0.15, 0.2) is 0 Å². The van der Waals surface area contributed by atoms with Crippen LogP contribution in [0.1, 0.15) is 157 Å². The van der Waals surface area contributed by atoms with Gasteiger partial charge in [0.05, 0.1) is 29.8 Å². The van der Waals surface area contributed by atoms with Gasteiger partial charge in [0.1, 0.15) is 36.2 Å². The number of ether oxygens (including phenoxy) is 4. The summed E-state index contributed by atoms with van der Waals surface area (Å²) in [5.74, 6) is -0.680. The van der Waals surface area contributed by atoms with E-state index in [1.165, 1.54) is 57.1 Å². The number of fused-ring (bicyclic) bond motifs is 2. The van der Waals surface area contributed by atoms with Crippen LogP contribution in [0.4, 0.5) is 10.5 Å². The first kappa shape index (κ1) is 54.8. The molecule has 2 N–H and O–H groups in total. The number of amides is 1. The van der Waals surface area contributed by atoms with E-state index >= 15 is 0 Å². The first-order chi connectivity index (χ1) is 34.7. The third-order valence-electron chi connectivity index (χ3n) is 14.2. The van der Waals surface area contributed by atoms with Crippen molar-refractivity contribution in [1.82, 2.24) is 4.90 Å². The average molecular weight is 980 g/mol. The van der Waals surface area contributed by atoms with Gasteiger partial charge < -0.3 is 34.0 Å². The summed E-state index contributed by atoms with van der Waals surface area (Å²) in [5.41, 5.74) is 3.54. The van der Waals surface area contributed by atoms with Crippen molar-refractivity contribution < 1.29 is 48.5 Å². The Morgan fingerprint density at radius 2 is 1.59 bits per heavy atom. The van der Waals surface area contributed by atoms with Crippen molar-refractivity contribution in [2.24, 2.45) is 22.9 Å². The fourth-order valence-corrected chi connectivity index (χ4v) is 10.8. The molecule has 6 rings (SSSR count). The van der Waals surface area contributed by atoms with E-state index in [-0.39, 0.29) is 62.9 Å². The number of nitrogens with zero attached hydrogens (tertiary/aromatic N) is 3. The number of unbranched alkanes of at least 4 members (excludes halogenated alkanes) is 11. The fraction of sp³-hybridized carbons (Fsp3) is 0.561. The Morgan fingerprint density at radius 1 is 0.887 bits per heavy atom. The molecule has 1 aliphatic heterocycles. The highest BCUT2D eigenvalue weighted by molar-refractivity contribution is 6.03. The van der Waals surface area contributed by atoms with E-state index in [9.17, 15) is 29.9 Å². The Morgan fingerprint density at radius 3 is 2.27 bits per heavy atom. The molecule has 71 heavy (non-hydrogen) atoms. The van der Waals surface area contributed by atoms with Crippen LogP contribution >= 0.6 is 0 Å². The van der Waals surface area contributed by atoms with Gasteiger partial charge in [-0.3, -0.25) is 19.8 Å². The summed E-state index contributed by atoms with van der Waals surface area (Å²) in [6.07, 6.45) is 21.0. The van der Waals surface area contributed by atoms with Crippen molar-refractivity contribution in [1.29, 1.82) is 0 Å². The Kier molecular flexibility index (Phi) is 22.0. The normalized spacial score (nSPS) is 21.5.